The van der Waals surface area contributed by atoms with Crippen LogP contribution in [-0.4, -0.2) is 28.0 Å². The number of para-hydroxylation sites is 1. The summed E-state index contributed by atoms with van der Waals surface area (Å²) in [7, 11) is 0. The summed E-state index contributed by atoms with van der Waals surface area (Å²) in [6.45, 7) is 4.60. The Hall–Kier alpha value is -1.00. The zero-order valence-electron chi connectivity index (χ0n) is 11.7. The Bertz CT molecular complexity index is 651. The number of hydrogen-bond donors (Lipinski definition) is 0. The molecule has 0 amide bonds. The molecule has 1 aromatic heterocycles. The number of piperidine rings is 1. The van der Waals surface area contributed by atoms with E-state index in [9.17, 15) is 3.89 Å². The summed E-state index contributed by atoms with van der Waals surface area (Å²) in [6.07, 6.45) is 3.46. The maximum Gasteiger partial charge on any atom is 0.170 e. The molecule has 4 rings (SSSR count). The minimum absolute atomic E-state index is 0.373. The Kier molecular flexibility index (Phi) is 3.04. The van der Waals surface area contributed by atoms with Crippen LogP contribution < -0.4 is 0 Å². The number of benzene rings is 1. The lowest BCUT2D eigenvalue weighted by atomic mass is 9.93. The molecule has 106 valence electrons. The average molecular weight is 290 g/mol. The van der Waals surface area contributed by atoms with Gasteiger partial charge in [0, 0.05) is 29.6 Å². The van der Waals surface area contributed by atoms with Gasteiger partial charge in [-0.25, -0.2) is 0 Å². The lowest BCUT2D eigenvalue weighted by Gasteiger charge is -2.34. The third-order valence-corrected chi connectivity index (χ3v) is 5.54. The van der Waals surface area contributed by atoms with E-state index in [-0.39, 0.29) is 0 Å². The van der Waals surface area contributed by atoms with Crippen molar-refractivity contribution in [2.24, 2.45) is 0 Å². The van der Waals surface area contributed by atoms with E-state index in [2.05, 4.69) is 24.0 Å². The number of hydrogen-bond acceptors (Lipinski definition) is 2. The van der Waals surface area contributed by atoms with Gasteiger partial charge in [-0.3, -0.25) is 8.87 Å². The van der Waals surface area contributed by atoms with Crippen LogP contribution in [0, 0.1) is 0 Å². The van der Waals surface area contributed by atoms with Crippen LogP contribution in [0.1, 0.15) is 36.9 Å². The molecule has 0 N–H and O–H groups in total. The van der Waals surface area contributed by atoms with Crippen LogP contribution in [0.15, 0.2) is 24.3 Å². The van der Waals surface area contributed by atoms with Gasteiger partial charge in [0.25, 0.3) is 0 Å². The van der Waals surface area contributed by atoms with Crippen molar-refractivity contribution in [1.82, 2.24) is 8.87 Å². The van der Waals surface area contributed by atoms with Gasteiger partial charge in [0.05, 0.1) is 5.52 Å². The molecule has 1 saturated heterocycles. The van der Waals surface area contributed by atoms with Crippen molar-refractivity contribution in [3.05, 3.63) is 35.5 Å². The molecular formula is C16H19FN2S. The molecule has 20 heavy (non-hydrogen) atoms. The SMILES string of the molecule is CC1Cc2c(n(SF)c3ccccc23)C2CCCN1C2. The number of halogens is 1. The topological polar surface area (TPSA) is 8.17 Å². The molecule has 2 bridgehead atoms. The molecule has 1 fully saturated rings. The Morgan fingerprint density at radius 2 is 2.15 bits per heavy atom. The highest BCUT2D eigenvalue weighted by Gasteiger charge is 2.34. The molecule has 2 aliphatic rings. The summed E-state index contributed by atoms with van der Waals surface area (Å²) in [4.78, 5) is 2.58. The monoisotopic (exact) mass is 290 g/mol. The summed E-state index contributed by atoms with van der Waals surface area (Å²) < 4.78 is 15.4. The maximum absolute atomic E-state index is 13.6. The second-order valence-electron chi connectivity index (χ2n) is 6.13. The number of aromatic nitrogens is 1. The van der Waals surface area contributed by atoms with Gasteiger partial charge in [-0.1, -0.05) is 18.2 Å². The molecule has 0 aliphatic carbocycles. The fourth-order valence-electron chi connectivity index (χ4n) is 4.05. The minimum Gasteiger partial charge on any atom is -0.300 e. The van der Waals surface area contributed by atoms with Crippen LogP contribution in [0.4, 0.5) is 3.89 Å². The van der Waals surface area contributed by atoms with Crippen LogP contribution in [0.2, 0.25) is 0 Å². The predicted octanol–water partition coefficient (Wildman–Crippen LogP) is 4.15. The predicted molar refractivity (Wildman–Crippen MR) is 82.7 cm³/mol. The largest absolute Gasteiger partial charge is 0.300 e. The third-order valence-electron chi connectivity index (χ3n) is 5.01. The van der Waals surface area contributed by atoms with Gasteiger partial charge in [-0.2, -0.15) is 0 Å². The van der Waals surface area contributed by atoms with Gasteiger partial charge in [0.2, 0.25) is 0 Å². The number of nitrogens with zero attached hydrogens (tertiary/aromatic N) is 2. The summed E-state index contributed by atoms with van der Waals surface area (Å²) in [5.41, 5.74) is 3.66. The first-order valence-corrected chi connectivity index (χ1v) is 8.12. The van der Waals surface area contributed by atoms with Crippen LogP contribution in [0.5, 0.6) is 0 Å². The Balaban J connectivity index is 1.99. The Labute approximate surface area is 123 Å². The van der Waals surface area contributed by atoms with Crippen molar-refractivity contribution < 1.29 is 3.89 Å². The van der Waals surface area contributed by atoms with E-state index in [1.54, 1.807) is 0 Å². The molecule has 3 unspecified atom stereocenters. The first-order valence-electron chi connectivity index (χ1n) is 7.45. The van der Waals surface area contributed by atoms with Crippen molar-refractivity contribution >= 4 is 23.2 Å². The van der Waals surface area contributed by atoms with Crippen molar-refractivity contribution in [2.45, 2.75) is 38.1 Å². The fourth-order valence-corrected chi connectivity index (χ4v) is 4.62. The van der Waals surface area contributed by atoms with Crippen LogP contribution in [0.3, 0.4) is 0 Å². The molecule has 0 saturated carbocycles. The van der Waals surface area contributed by atoms with Crippen molar-refractivity contribution in [3.63, 3.8) is 0 Å². The van der Waals surface area contributed by atoms with E-state index in [0.29, 0.717) is 24.3 Å². The lowest BCUT2D eigenvalue weighted by Crippen LogP contribution is -2.39. The fraction of sp³-hybridized carbons (Fsp3) is 0.500. The van der Waals surface area contributed by atoms with Gasteiger partial charge in [0.1, 0.15) is 0 Å². The summed E-state index contributed by atoms with van der Waals surface area (Å²) in [6, 6.07) is 8.82. The molecular weight excluding hydrogens is 271 g/mol. The summed E-state index contributed by atoms with van der Waals surface area (Å²) >= 11 is 0.373. The van der Waals surface area contributed by atoms with E-state index >= 15 is 0 Å². The van der Waals surface area contributed by atoms with Crippen molar-refractivity contribution in [3.8, 4) is 0 Å². The van der Waals surface area contributed by atoms with Gasteiger partial charge < -0.3 is 0 Å². The highest BCUT2D eigenvalue weighted by molar-refractivity contribution is 7.93. The molecule has 0 radical (unpaired) electrons. The molecule has 2 aliphatic heterocycles. The molecule has 1 aromatic carbocycles. The Morgan fingerprint density at radius 3 is 3.00 bits per heavy atom. The number of fused-ring (bicyclic) bond motifs is 6. The van der Waals surface area contributed by atoms with Gasteiger partial charge in [-0.15, -0.1) is 3.89 Å². The molecule has 3 atom stereocenters. The van der Waals surface area contributed by atoms with E-state index in [1.807, 2.05) is 16.1 Å². The molecule has 3 heterocycles. The second-order valence-corrected chi connectivity index (χ2v) is 6.63. The van der Waals surface area contributed by atoms with Crippen molar-refractivity contribution in [1.29, 1.82) is 0 Å². The summed E-state index contributed by atoms with van der Waals surface area (Å²) in [5, 5.41) is 1.24. The van der Waals surface area contributed by atoms with Crippen LogP contribution in [0.25, 0.3) is 10.9 Å². The first kappa shape index (κ1) is 12.7. The smallest absolute Gasteiger partial charge is 0.170 e. The van der Waals surface area contributed by atoms with Gasteiger partial charge in [0.15, 0.2) is 12.3 Å². The average Bonchev–Trinajstić information content (AvgIpc) is 2.76. The second kappa shape index (κ2) is 4.78. The van der Waals surface area contributed by atoms with Crippen LogP contribution in [-0.2, 0) is 6.42 Å². The number of rotatable bonds is 1. The zero-order valence-corrected chi connectivity index (χ0v) is 12.5. The van der Waals surface area contributed by atoms with E-state index in [4.69, 9.17) is 0 Å². The van der Waals surface area contributed by atoms with Crippen LogP contribution >= 0.6 is 12.3 Å². The van der Waals surface area contributed by atoms with Gasteiger partial charge >= 0.3 is 0 Å². The van der Waals surface area contributed by atoms with Crippen molar-refractivity contribution in [2.75, 3.05) is 13.1 Å². The third kappa shape index (κ3) is 1.74. The van der Waals surface area contributed by atoms with E-state index in [0.717, 1.165) is 18.5 Å². The summed E-state index contributed by atoms with van der Waals surface area (Å²) in [5.74, 6) is 0.486. The molecule has 4 heteroatoms. The van der Waals surface area contributed by atoms with E-state index in [1.165, 1.54) is 36.0 Å². The Morgan fingerprint density at radius 1 is 1.30 bits per heavy atom. The quantitative estimate of drug-likeness (QED) is 0.779. The normalized spacial score (nSPS) is 29.2. The minimum atomic E-state index is 0.373. The standard InChI is InChI=1S/C16H19FN2S/c1-11-9-14-13-6-2-3-7-15(13)19(20-17)16(14)12-5-4-8-18(11)10-12/h2-3,6-7,11-12H,4-5,8-10H2,1H3. The molecule has 0 spiro atoms. The highest BCUT2D eigenvalue weighted by Crippen LogP contribution is 2.41. The maximum atomic E-state index is 13.6. The molecule has 2 nitrogen and oxygen atoms in total. The lowest BCUT2D eigenvalue weighted by molar-refractivity contribution is 0.165. The van der Waals surface area contributed by atoms with E-state index < -0.39 is 0 Å². The molecule has 2 aromatic rings. The van der Waals surface area contributed by atoms with Gasteiger partial charge in [-0.05, 0) is 44.4 Å². The zero-order chi connectivity index (χ0) is 13.7. The first-order chi connectivity index (χ1) is 9.79. The highest BCUT2D eigenvalue weighted by atomic mass is 32.2.